The van der Waals surface area contributed by atoms with Gasteiger partial charge in [0.05, 0.1) is 31.3 Å². The third-order valence-corrected chi connectivity index (χ3v) is 6.07. The number of anilines is 1. The monoisotopic (exact) mass is 479 g/mol. The van der Waals surface area contributed by atoms with Crippen molar-refractivity contribution in [3.8, 4) is 5.75 Å². The standard InChI is InChI=1S/C25H22BrNO4/c1-16-7-9-17(10-8-16)15-27-21-12-11-18(26)13-20(21)25(30,24(27)29)14-22(28)19-5-3-4-6-23(19)31-2/h3-13,30H,14-15H2,1-2H3/t25-/m0/s1. The molecule has 0 spiro atoms. The number of hydrogen-bond acceptors (Lipinski definition) is 4. The van der Waals surface area contributed by atoms with Crippen LogP contribution in [0.15, 0.2) is 71.2 Å². The molecule has 3 aromatic carbocycles. The summed E-state index contributed by atoms with van der Waals surface area (Å²) < 4.78 is 6.01. The Balaban J connectivity index is 1.72. The number of halogens is 1. The van der Waals surface area contributed by atoms with Crippen LogP contribution < -0.4 is 9.64 Å². The second-order valence-electron chi connectivity index (χ2n) is 7.70. The van der Waals surface area contributed by atoms with Crippen LogP contribution in [0.2, 0.25) is 0 Å². The molecule has 1 aliphatic rings. The van der Waals surface area contributed by atoms with Crippen LogP contribution in [0.5, 0.6) is 5.75 Å². The van der Waals surface area contributed by atoms with E-state index in [2.05, 4.69) is 15.9 Å². The lowest BCUT2D eigenvalue weighted by molar-refractivity contribution is -0.136. The number of hydrogen-bond donors (Lipinski definition) is 1. The first-order chi connectivity index (χ1) is 14.8. The van der Waals surface area contributed by atoms with Crippen molar-refractivity contribution in [2.75, 3.05) is 12.0 Å². The lowest BCUT2D eigenvalue weighted by Crippen LogP contribution is -2.41. The Morgan fingerprint density at radius 2 is 1.81 bits per heavy atom. The molecular formula is C25H22BrNO4. The van der Waals surface area contributed by atoms with Crippen LogP contribution in [0.1, 0.15) is 33.5 Å². The Labute approximate surface area is 189 Å². The Hall–Kier alpha value is -2.96. The van der Waals surface area contributed by atoms with Crippen molar-refractivity contribution >= 4 is 33.3 Å². The smallest absolute Gasteiger partial charge is 0.264 e. The number of carbonyl (C=O) groups excluding carboxylic acids is 2. The van der Waals surface area contributed by atoms with Gasteiger partial charge in [-0.2, -0.15) is 0 Å². The largest absolute Gasteiger partial charge is 0.496 e. The normalized spacial score (nSPS) is 17.5. The van der Waals surface area contributed by atoms with Gasteiger partial charge in [-0.3, -0.25) is 9.59 Å². The molecule has 0 bridgehead atoms. The van der Waals surface area contributed by atoms with Crippen molar-refractivity contribution in [3.63, 3.8) is 0 Å². The van der Waals surface area contributed by atoms with E-state index < -0.39 is 11.5 Å². The van der Waals surface area contributed by atoms with Crippen molar-refractivity contribution in [2.24, 2.45) is 0 Å². The number of aliphatic hydroxyl groups is 1. The Kier molecular flexibility index (Phi) is 5.69. The van der Waals surface area contributed by atoms with Gasteiger partial charge in [-0.15, -0.1) is 0 Å². The van der Waals surface area contributed by atoms with Gasteiger partial charge in [0.2, 0.25) is 0 Å². The molecule has 1 N–H and O–H groups in total. The molecule has 3 aromatic rings. The zero-order valence-electron chi connectivity index (χ0n) is 17.3. The van der Waals surface area contributed by atoms with Crippen LogP contribution in [0, 0.1) is 6.92 Å². The molecule has 6 heteroatoms. The van der Waals surface area contributed by atoms with Gasteiger partial charge in [0, 0.05) is 10.0 Å². The van der Waals surface area contributed by atoms with Crippen molar-refractivity contribution in [1.82, 2.24) is 0 Å². The quantitative estimate of drug-likeness (QED) is 0.516. The van der Waals surface area contributed by atoms with E-state index >= 15 is 0 Å². The maximum absolute atomic E-state index is 13.5. The summed E-state index contributed by atoms with van der Waals surface area (Å²) in [6, 6.07) is 20.0. The van der Waals surface area contributed by atoms with Crippen LogP contribution in [0.3, 0.4) is 0 Å². The van der Waals surface area contributed by atoms with Crippen molar-refractivity contribution in [1.29, 1.82) is 0 Å². The average molecular weight is 480 g/mol. The van der Waals surface area contributed by atoms with Crippen molar-refractivity contribution in [2.45, 2.75) is 25.5 Å². The lowest BCUT2D eigenvalue weighted by atomic mass is 9.88. The first-order valence-electron chi connectivity index (χ1n) is 9.89. The van der Waals surface area contributed by atoms with E-state index in [0.29, 0.717) is 29.1 Å². The number of Topliss-reactive ketones (excluding diaryl/α,β-unsaturated/α-hetero) is 1. The minimum Gasteiger partial charge on any atom is -0.496 e. The topological polar surface area (TPSA) is 66.8 Å². The van der Waals surface area contributed by atoms with E-state index in [0.717, 1.165) is 15.6 Å². The first-order valence-corrected chi connectivity index (χ1v) is 10.7. The summed E-state index contributed by atoms with van der Waals surface area (Å²) in [5.74, 6) is -0.464. The molecule has 0 fully saturated rings. The van der Waals surface area contributed by atoms with E-state index in [-0.39, 0.29) is 12.2 Å². The highest BCUT2D eigenvalue weighted by Gasteiger charge is 2.51. The summed E-state index contributed by atoms with van der Waals surface area (Å²) in [6.07, 6.45) is -0.375. The Morgan fingerprint density at radius 3 is 2.52 bits per heavy atom. The summed E-state index contributed by atoms with van der Waals surface area (Å²) in [7, 11) is 1.48. The summed E-state index contributed by atoms with van der Waals surface area (Å²) in [5, 5.41) is 11.6. The van der Waals surface area contributed by atoms with E-state index in [1.165, 1.54) is 7.11 Å². The minimum atomic E-state index is -1.96. The number of ether oxygens (including phenoxy) is 1. The summed E-state index contributed by atoms with van der Waals surface area (Å²) in [5.41, 5.74) is 1.46. The van der Waals surface area contributed by atoms with Gasteiger partial charge in [-0.1, -0.05) is 57.9 Å². The number of aryl methyl sites for hydroxylation is 1. The van der Waals surface area contributed by atoms with Gasteiger partial charge in [0.1, 0.15) is 5.75 Å². The zero-order chi connectivity index (χ0) is 22.2. The highest BCUT2D eigenvalue weighted by molar-refractivity contribution is 9.10. The van der Waals surface area contributed by atoms with Crippen LogP contribution >= 0.6 is 15.9 Å². The molecule has 0 radical (unpaired) electrons. The summed E-state index contributed by atoms with van der Waals surface area (Å²) in [6.45, 7) is 2.30. The molecule has 0 saturated carbocycles. The number of benzene rings is 3. The molecule has 0 unspecified atom stereocenters. The lowest BCUT2D eigenvalue weighted by Gasteiger charge is -2.23. The van der Waals surface area contributed by atoms with Gasteiger partial charge in [0.25, 0.3) is 5.91 Å². The number of carbonyl (C=O) groups is 2. The third kappa shape index (κ3) is 3.89. The fourth-order valence-electron chi connectivity index (χ4n) is 3.93. The number of para-hydroxylation sites is 1. The molecule has 0 saturated heterocycles. The van der Waals surface area contributed by atoms with E-state index in [1.807, 2.05) is 37.3 Å². The third-order valence-electron chi connectivity index (χ3n) is 5.58. The maximum Gasteiger partial charge on any atom is 0.264 e. The predicted octanol–water partition coefficient (Wildman–Crippen LogP) is 4.77. The van der Waals surface area contributed by atoms with Gasteiger partial charge in [-0.25, -0.2) is 0 Å². The molecular weight excluding hydrogens is 458 g/mol. The number of rotatable bonds is 6. The van der Waals surface area contributed by atoms with Crippen LogP contribution in [-0.2, 0) is 16.9 Å². The molecule has 0 aliphatic carbocycles. The molecule has 5 nitrogen and oxygen atoms in total. The molecule has 1 aliphatic heterocycles. The maximum atomic E-state index is 13.5. The van der Waals surface area contributed by atoms with Crippen molar-refractivity contribution < 1.29 is 19.4 Å². The summed E-state index contributed by atoms with van der Waals surface area (Å²) >= 11 is 3.42. The predicted molar refractivity (Wildman–Crippen MR) is 122 cm³/mol. The molecule has 1 heterocycles. The fourth-order valence-corrected chi connectivity index (χ4v) is 4.29. The van der Waals surface area contributed by atoms with E-state index in [9.17, 15) is 14.7 Å². The van der Waals surface area contributed by atoms with Gasteiger partial charge >= 0.3 is 0 Å². The summed E-state index contributed by atoms with van der Waals surface area (Å²) in [4.78, 5) is 28.1. The first kappa shape index (κ1) is 21.3. The minimum absolute atomic E-state index is 0.304. The SMILES string of the molecule is COc1ccccc1C(=O)C[C@@]1(O)C(=O)N(Cc2ccc(C)cc2)c2ccc(Br)cc21. The number of amides is 1. The van der Waals surface area contributed by atoms with Gasteiger partial charge < -0.3 is 14.7 Å². The number of fused-ring (bicyclic) bond motifs is 1. The molecule has 0 aromatic heterocycles. The number of methoxy groups -OCH3 is 1. The van der Waals surface area contributed by atoms with Gasteiger partial charge in [-0.05, 0) is 42.8 Å². The Bertz CT molecular complexity index is 1160. The van der Waals surface area contributed by atoms with Crippen LogP contribution in [0.4, 0.5) is 5.69 Å². The highest BCUT2D eigenvalue weighted by atomic mass is 79.9. The van der Waals surface area contributed by atoms with Crippen molar-refractivity contribution in [3.05, 3.63) is 93.5 Å². The second kappa shape index (κ2) is 8.29. The number of nitrogens with zero attached hydrogens (tertiary/aromatic N) is 1. The molecule has 1 atom stereocenters. The second-order valence-corrected chi connectivity index (χ2v) is 8.61. The number of ketones is 1. The molecule has 1 amide bonds. The molecule has 158 valence electrons. The van der Waals surface area contributed by atoms with Gasteiger partial charge in [0.15, 0.2) is 11.4 Å². The molecule has 31 heavy (non-hydrogen) atoms. The van der Waals surface area contributed by atoms with Crippen LogP contribution in [0.25, 0.3) is 0 Å². The zero-order valence-corrected chi connectivity index (χ0v) is 18.8. The molecule has 4 rings (SSSR count). The van der Waals surface area contributed by atoms with E-state index in [1.54, 1.807) is 41.3 Å². The fraction of sp³-hybridized carbons (Fsp3) is 0.200. The van der Waals surface area contributed by atoms with E-state index in [4.69, 9.17) is 4.74 Å². The average Bonchev–Trinajstić information content (AvgIpc) is 2.96. The highest BCUT2D eigenvalue weighted by Crippen LogP contribution is 2.45. The van der Waals surface area contributed by atoms with Crippen LogP contribution in [-0.4, -0.2) is 23.9 Å². The Morgan fingerprint density at radius 1 is 1.10 bits per heavy atom.